The summed E-state index contributed by atoms with van der Waals surface area (Å²) in [6.45, 7) is 22.2. The van der Waals surface area contributed by atoms with Crippen molar-refractivity contribution in [1.82, 2.24) is 15.5 Å². The van der Waals surface area contributed by atoms with Gasteiger partial charge < -0.3 is 39.1 Å². The van der Waals surface area contributed by atoms with Crippen LogP contribution in [0.15, 0.2) is 36.1 Å². The first-order chi connectivity index (χ1) is 26.0. The SMILES string of the molecule is C=C(/C=C\C(=C/CC)OC)COCC(C1CC1)C(NC(=O)C1CCCN1C(=O)C(NC(=O)OC1CCCC1)C(C)(C)C)B1OC2C[C@H](C)C(C)(C)CC2(C)O1. The van der Waals surface area contributed by atoms with Gasteiger partial charge in [0, 0.05) is 12.5 Å². The molecule has 12 heteroatoms. The predicted octanol–water partition coefficient (Wildman–Crippen LogP) is 7.30. The van der Waals surface area contributed by atoms with Gasteiger partial charge in [-0.05, 0) is 118 Å². The summed E-state index contributed by atoms with van der Waals surface area (Å²) < 4.78 is 31.2. The molecule has 3 aliphatic carbocycles. The van der Waals surface area contributed by atoms with Crippen LogP contribution in [0.1, 0.15) is 126 Å². The Morgan fingerprint density at radius 3 is 2.38 bits per heavy atom. The monoisotopic (exact) mass is 768 g/mol. The van der Waals surface area contributed by atoms with E-state index in [2.05, 4.69) is 51.8 Å². The molecule has 2 heterocycles. The second-order valence-corrected chi connectivity index (χ2v) is 18.9. The molecule has 0 spiro atoms. The maximum Gasteiger partial charge on any atom is 0.482 e. The van der Waals surface area contributed by atoms with Crippen LogP contribution in [0.5, 0.6) is 0 Å². The van der Waals surface area contributed by atoms with Gasteiger partial charge in [-0.1, -0.05) is 61.1 Å². The Kier molecular flexibility index (Phi) is 14.3. The first-order valence-corrected chi connectivity index (χ1v) is 21.0. The molecule has 2 N–H and O–H groups in total. The van der Waals surface area contributed by atoms with Crippen molar-refractivity contribution < 1.29 is 37.9 Å². The standard InChI is InChI=1S/C43H70BN3O8/c1-11-15-31(51-10)22-19-28(2)25-52-26-33(30-20-21-30)37(44-54-35-24-29(3)42(7,8)27-43(35,9)55-44)46-38(48)34-18-14-23-47(34)39(49)36(41(4,5)6)45-40(50)53-32-16-12-13-17-32/h15,19,22,29-30,32-37H,2,11-14,16-18,20-21,23-27H2,1,3-10H3,(H,45,50)(H,46,48)/b22-19-,31-15+/t29-,33?,34?,35?,36?,37?,43?/m0/s1. The molecular formula is C43H70BN3O8. The minimum absolute atomic E-state index is 0.0747. The van der Waals surface area contributed by atoms with Gasteiger partial charge in [0.1, 0.15) is 23.9 Å². The van der Waals surface area contributed by atoms with Gasteiger partial charge in [-0.3, -0.25) is 9.59 Å². The smallest absolute Gasteiger partial charge is 0.482 e. The molecule has 3 saturated carbocycles. The fourth-order valence-corrected chi connectivity index (χ4v) is 9.13. The molecule has 5 aliphatic rings. The number of carbonyl (C=O) groups is 3. The lowest BCUT2D eigenvalue weighted by atomic mass is 9.63. The van der Waals surface area contributed by atoms with E-state index < -0.39 is 42.3 Å². The van der Waals surface area contributed by atoms with E-state index in [0.717, 1.165) is 69.1 Å². The number of ether oxygens (including phenoxy) is 3. The molecule has 0 radical (unpaired) electrons. The summed E-state index contributed by atoms with van der Waals surface area (Å²) in [5.41, 5.74) is -0.204. The maximum absolute atomic E-state index is 14.6. The average molecular weight is 768 g/mol. The number of fused-ring (bicyclic) bond motifs is 1. The summed E-state index contributed by atoms with van der Waals surface area (Å²) >= 11 is 0. The molecule has 2 saturated heterocycles. The first kappa shape index (κ1) is 43.3. The fourth-order valence-electron chi connectivity index (χ4n) is 9.13. The molecular weight excluding hydrogens is 697 g/mol. The third kappa shape index (κ3) is 11.0. The van der Waals surface area contributed by atoms with E-state index in [1.165, 1.54) is 0 Å². The molecule has 0 aromatic rings. The Morgan fingerprint density at radius 2 is 1.75 bits per heavy atom. The van der Waals surface area contributed by atoms with Crippen LogP contribution in [0.4, 0.5) is 4.79 Å². The quantitative estimate of drug-likeness (QED) is 0.0954. The Labute approximate surface area is 331 Å². The molecule has 6 unspecified atom stereocenters. The van der Waals surface area contributed by atoms with Crippen LogP contribution in [-0.2, 0) is 33.1 Å². The van der Waals surface area contributed by atoms with E-state index in [1.54, 1.807) is 12.0 Å². The van der Waals surface area contributed by atoms with Gasteiger partial charge in [-0.2, -0.15) is 0 Å². The summed E-state index contributed by atoms with van der Waals surface area (Å²) in [6.07, 6.45) is 14.6. The number of allylic oxidation sites excluding steroid dienone is 2. The molecule has 11 nitrogen and oxygen atoms in total. The topological polar surface area (TPSA) is 125 Å². The molecule has 0 aromatic carbocycles. The van der Waals surface area contributed by atoms with Gasteiger partial charge >= 0.3 is 13.2 Å². The maximum atomic E-state index is 14.6. The molecule has 7 atom stereocenters. The number of hydrogen-bond acceptors (Lipinski definition) is 8. The molecule has 55 heavy (non-hydrogen) atoms. The second kappa shape index (κ2) is 18.2. The normalized spacial score (nSPS) is 28.8. The summed E-state index contributed by atoms with van der Waals surface area (Å²) in [7, 11) is 0.986. The molecule has 0 bridgehead atoms. The van der Waals surface area contributed by atoms with Gasteiger partial charge in [0.05, 0.1) is 38.0 Å². The lowest BCUT2D eigenvalue weighted by molar-refractivity contribution is -0.142. The molecule has 308 valence electrons. The van der Waals surface area contributed by atoms with Crippen LogP contribution in [-0.4, -0.2) is 92.6 Å². The number of likely N-dealkylation sites (tertiary alicyclic amines) is 1. The van der Waals surface area contributed by atoms with Crippen LogP contribution in [0.2, 0.25) is 0 Å². The van der Waals surface area contributed by atoms with Crippen molar-refractivity contribution in [1.29, 1.82) is 0 Å². The summed E-state index contributed by atoms with van der Waals surface area (Å²) in [4.78, 5) is 43.5. The number of alkyl carbamates (subject to hydrolysis) is 1. The number of nitrogens with zero attached hydrogens (tertiary/aromatic N) is 1. The molecule has 3 amide bonds. The summed E-state index contributed by atoms with van der Waals surface area (Å²) in [5, 5.41) is 6.28. The van der Waals surface area contributed by atoms with Crippen molar-refractivity contribution in [2.24, 2.45) is 28.6 Å². The summed E-state index contributed by atoms with van der Waals surface area (Å²) in [6, 6.07) is -1.55. The Morgan fingerprint density at radius 1 is 1.04 bits per heavy atom. The largest absolute Gasteiger partial charge is 0.497 e. The Balaban J connectivity index is 1.34. The van der Waals surface area contributed by atoms with Gasteiger partial charge in [0.15, 0.2) is 0 Å². The number of rotatable bonds is 16. The summed E-state index contributed by atoms with van der Waals surface area (Å²) in [5.74, 6) is 0.492. The van der Waals surface area contributed by atoms with E-state index in [0.29, 0.717) is 44.4 Å². The lowest BCUT2D eigenvalue weighted by Crippen LogP contribution is -2.60. The Hall–Kier alpha value is -2.83. The third-order valence-electron chi connectivity index (χ3n) is 12.9. The number of amides is 3. The van der Waals surface area contributed by atoms with Gasteiger partial charge in [0.25, 0.3) is 0 Å². The highest BCUT2D eigenvalue weighted by atomic mass is 16.7. The van der Waals surface area contributed by atoms with Crippen molar-refractivity contribution in [3.63, 3.8) is 0 Å². The van der Waals surface area contributed by atoms with Crippen molar-refractivity contribution in [2.75, 3.05) is 26.9 Å². The fraction of sp³-hybridized carbons (Fsp3) is 0.791. The zero-order valence-corrected chi connectivity index (χ0v) is 35.2. The molecule has 5 fully saturated rings. The number of carbonyl (C=O) groups excluding carboxylic acids is 3. The zero-order chi connectivity index (χ0) is 40.1. The van der Waals surface area contributed by atoms with Crippen LogP contribution in [0.25, 0.3) is 0 Å². The highest BCUT2D eigenvalue weighted by Crippen LogP contribution is 2.51. The Bertz CT molecular complexity index is 1430. The van der Waals surface area contributed by atoms with Gasteiger partial charge in [-0.25, -0.2) is 4.79 Å². The van der Waals surface area contributed by atoms with Gasteiger partial charge in [0.2, 0.25) is 11.8 Å². The highest BCUT2D eigenvalue weighted by Gasteiger charge is 2.59. The first-order valence-electron chi connectivity index (χ1n) is 21.0. The minimum atomic E-state index is -0.854. The van der Waals surface area contributed by atoms with Crippen LogP contribution < -0.4 is 10.6 Å². The number of nitrogens with one attached hydrogen (secondary N) is 2. The van der Waals surface area contributed by atoms with Crippen molar-refractivity contribution >= 4 is 25.0 Å². The third-order valence-corrected chi connectivity index (χ3v) is 12.9. The van der Waals surface area contributed by atoms with Gasteiger partial charge in [-0.15, -0.1) is 0 Å². The van der Waals surface area contributed by atoms with E-state index in [4.69, 9.17) is 23.5 Å². The molecule has 2 aliphatic heterocycles. The van der Waals surface area contributed by atoms with E-state index in [-0.39, 0.29) is 35.4 Å². The number of hydrogen-bond donors (Lipinski definition) is 2. The van der Waals surface area contributed by atoms with Crippen LogP contribution in [0.3, 0.4) is 0 Å². The van der Waals surface area contributed by atoms with E-state index in [1.807, 2.05) is 39.0 Å². The predicted molar refractivity (Wildman–Crippen MR) is 215 cm³/mol. The van der Waals surface area contributed by atoms with Crippen LogP contribution in [0, 0.1) is 28.6 Å². The zero-order valence-electron chi connectivity index (χ0n) is 35.2. The average Bonchev–Trinajstić information content (AvgIpc) is 3.44. The van der Waals surface area contributed by atoms with E-state index >= 15 is 0 Å². The number of methoxy groups -OCH3 is 1. The van der Waals surface area contributed by atoms with Crippen molar-refractivity contribution in [3.05, 3.63) is 36.1 Å². The van der Waals surface area contributed by atoms with Crippen molar-refractivity contribution in [3.8, 4) is 0 Å². The second-order valence-electron chi connectivity index (χ2n) is 18.9. The minimum Gasteiger partial charge on any atom is -0.497 e. The lowest BCUT2D eigenvalue weighted by Gasteiger charge is -2.47. The van der Waals surface area contributed by atoms with Crippen LogP contribution >= 0.6 is 0 Å². The van der Waals surface area contributed by atoms with Crippen molar-refractivity contribution in [2.45, 2.75) is 162 Å². The van der Waals surface area contributed by atoms with E-state index in [9.17, 15) is 14.4 Å². The molecule has 5 rings (SSSR count). The highest BCUT2D eigenvalue weighted by molar-refractivity contribution is 6.48. The molecule has 0 aromatic heterocycles.